The van der Waals surface area contributed by atoms with Gasteiger partial charge in [0.05, 0.1) is 11.9 Å². The van der Waals surface area contributed by atoms with Gasteiger partial charge >= 0.3 is 0 Å². The molecule has 0 saturated heterocycles. The average molecular weight is 364 g/mol. The van der Waals surface area contributed by atoms with Crippen molar-refractivity contribution in [3.8, 4) is 0 Å². The lowest BCUT2D eigenvalue weighted by Crippen LogP contribution is -2.49. The molecule has 0 aliphatic rings. The standard InChI is InChI=1S/C18H21FN2O3S/c1-3-17(18(22)20-13-14-9-11-15(19)12-10-14)21(25(2,23)24)16-7-5-4-6-8-16/h4-12,17H,3,13H2,1-2H3,(H,20,22). The highest BCUT2D eigenvalue weighted by Crippen LogP contribution is 2.22. The van der Waals surface area contributed by atoms with Gasteiger partial charge < -0.3 is 5.32 Å². The maximum Gasteiger partial charge on any atom is 0.244 e. The Balaban J connectivity index is 2.19. The highest BCUT2D eigenvalue weighted by Gasteiger charge is 2.31. The highest BCUT2D eigenvalue weighted by molar-refractivity contribution is 7.92. The van der Waals surface area contributed by atoms with Gasteiger partial charge in [0, 0.05) is 6.54 Å². The number of hydrogen-bond acceptors (Lipinski definition) is 3. The van der Waals surface area contributed by atoms with Crippen LogP contribution in [0.4, 0.5) is 10.1 Å². The maximum absolute atomic E-state index is 12.9. The summed E-state index contributed by atoms with van der Waals surface area (Å²) in [6.07, 6.45) is 1.40. The molecule has 1 atom stereocenters. The van der Waals surface area contributed by atoms with Gasteiger partial charge in [-0.3, -0.25) is 9.10 Å². The number of halogens is 1. The van der Waals surface area contributed by atoms with Gasteiger partial charge in [-0.05, 0) is 36.2 Å². The molecule has 2 rings (SSSR count). The molecule has 0 spiro atoms. The summed E-state index contributed by atoms with van der Waals surface area (Å²) in [6.45, 7) is 1.95. The molecule has 0 aliphatic heterocycles. The van der Waals surface area contributed by atoms with E-state index in [1.165, 1.54) is 12.1 Å². The van der Waals surface area contributed by atoms with Crippen LogP contribution in [0.25, 0.3) is 0 Å². The fourth-order valence-electron chi connectivity index (χ4n) is 2.54. The van der Waals surface area contributed by atoms with Crippen molar-refractivity contribution in [3.63, 3.8) is 0 Å². The summed E-state index contributed by atoms with van der Waals surface area (Å²) in [5, 5.41) is 2.72. The molecule has 7 heteroatoms. The summed E-state index contributed by atoms with van der Waals surface area (Å²) in [5.41, 5.74) is 1.17. The Labute approximate surface area is 147 Å². The molecule has 0 aliphatic carbocycles. The van der Waals surface area contributed by atoms with Crippen molar-refractivity contribution in [2.75, 3.05) is 10.6 Å². The summed E-state index contributed by atoms with van der Waals surface area (Å²) >= 11 is 0. The van der Waals surface area contributed by atoms with Crippen LogP contribution in [0.1, 0.15) is 18.9 Å². The predicted octanol–water partition coefficient (Wildman–Crippen LogP) is 2.69. The first-order valence-electron chi connectivity index (χ1n) is 7.89. The number of amides is 1. The maximum atomic E-state index is 12.9. The molecule has 1 unspecified atom stereocenters. The third-order valence-corrected chi connectivity index (χ3v) is 4.90. The Bertz CT molecular complexity index is 808. The van der Waals surface area contributed by atoms with Gasteiger partial charge in [0.15, 0.2) is 0 Å². The third-order valence-electron chi connectivity index (χ3n) is 3.72. The van der Waals surface area contributed by atoms with Gasteiger partial charge in [0.1, 0.15) is 11.9 Å². The number of hydrogen-bond donors (Lipinski definition) is 1. The van der Waals surface area contributed by atoms with E-state index in [-0.39, 0.29) is 12.4 Å². The minimum absolute atomic E-state index is 0.196. The second-order valence-electron chi connectivity index (χ2n) is 5.66. The quantitative estimate of drug-likeness (QED) is 0.821. The van der Waals surface area contributed by atoms with E-state index in [1.807, 2.05) is 0 Å². The Morgan fingerprint density at radius 3 is 2.24 bits per heavy atom. The number of carbonyl (C=O) groups is 1. The van der Waals surface area contributed by atoms with Gasteiger partial charge in [-0.2, -0.15) is 0 Å². The lowest BCUT2D eigenvalue weighted by Gasteiger charge is -2.30. The first-order chi connectivity index (χ1) is 11.8. The van der Waals surface area contributed by atoms with Crippen molar-refractivity contribution in [2.24, 2.45) is 0 Å². The molecular formula is C18H21FN2O3S. The molecular weight excluding hydrogens is 343 g/mol. The predicted molar refractivity (Wildman–Crippen MR) is 96.1 cm³/mol. The Morgan fingerprint density at radius 2 is 1.72 bits per heavy atom. The smallest absolute Gasteiger partial charge is 0.244 e. The van der Waals surface area contributed by atoms with Gasteiger partial charge in [0.25, 0.3) is 0 Å². The number of nitrogens with one attached hydrogen (secondary N) is 1. The summed E-state index contributed by atoms with van der Waals surface area (Å²) < 4.78 is 38.6. The van der Waals surface area contributed by atoms with Crippen LogP contribution in [-0.2, 0) is 21.4 Å². The van der Waals surface area contributed by atoms with E-state index in [2.05, 4.69) is 5.32 Å². The van der Waals surface area contributed by atoms with Crippen LogP contribution in [0.5, 0.6) is 0 Å². The number of anilines is 1. The molecule has 5 nitrogen and oxygen atoms in total. The molecule has 25 heavy (non-hydrogen) atoms. The second-order valence-corrected chi connectivity index (χ2v) is 7.52. The molecule has 0 saturated carbocycles. The molecule has 1 N–H and O–H groups in total. The summed E-state index contributed by atoms with van der Waals surface area (Å²) in [4.78, 5) is 12.6. The molecule has 0 heterocycles. The topological polar surface area (TPSA) is 66.5 Å². The summed E-state index contributed by atoms with van der Waals surface area (Å²) in [6, 6.07) is 13.4. The van der Waals surface area contributed by atoms with E-state index in [9.17, 15) is 17.6 Å². The van der Waals surface area contributed by atoms with E-state index >= 15 is 0 Å². The fraction of sp³-hybridized carbons (Fsp3) is 0.278. The van der Waals surface area contributed by atoms with Gasteiger partial charge in [0.2, 0.25) is 15.9 Å². The highest BCUT2D eigenvalue weighted by atomic mass is 32.2. The summed E-state index contributed by atoms with van der Waals surface area (Å²) in [7, 11) is -3.64. The first kappa shape index (κ1) is 18.9. The normalized spacial score (nSPS) is 12.4. The van der Waals surface area contributed by atoms with Crippen LogP contribution >= 0.6 is 0 Å². The molecule has 2 aromatic carbocycles. The van der Waals surface area contributed by atoms with Crippen molar-refractivity contribution in [1.82, 2.24) is 5.32 Å². The Morgan fingerprint density at radius 1 is 1.12 bits per heavy atom. The van der Waals surface area contributed by atoms with E-state index in [0.29, 0.717) is 12.1 Å². The Hall–Kier alpha value is -2.41. The molecule has 0 fully saturated rings. The molecule has 0 radical (unpaired) electrons. The van der Waals surface area contributed by atoms with Crippen LogP contribution in [0.15, 0.2) is 54.6 Å². The number of sulfonamides is 1. The zero-order valence-electron chi connectivity index (χ0n) is 14.1. The van der Waals surface area contributed by atoms with Crippen molar-refractivity contribution in [1.29, 1.82) is 0 Å². The molecule has 0 aromatic heterocycles. The number of benzene rings is 2. The molecule has 1 amide bonds. The monoisotopic (exact) mass is 364 g/mol. The van der Waals surface area contributed by atoms with E-state index in [4.69, 9.17) is 0 Å². The minimum Gasteiger partial charge on any atom is -0.350 e. The van der Waals surface area contributed by atoms with Crippen LogP contribution in [0.2, 0.25) is 0 Å². The van der Waals surface area contributed by atoms with Crippen molar-refractivity contribution < 1.29 is 17.6 Å². The largest absolute Gasteiger partial charge is 0.350 e. The SMILES string of the molecule is CCC(C(=O)NCc1ccc(F)cc1)N(c1ccccc1)S(C)(=O)=O. The van der Waals surface area contributed by atoms with Gasteiger partial charge in [-0.15, -0.1) is 0 Å². The number of rotatable bonds is 7. The van der Waals surface area contributed by atoms with Crippen LogP contribution in [0.3, 0.4) is 0 Å². The first-order valence-corrected chi connectivity index (χ1v) is 9.74. The second kappa shape index (κ2) is 8.11. The lowest BCUT2D eigenvalue weighted by atomic mass is 10.1. The fourth-order valence-corrected chi connectivity index (χ4v) is 3.76. The molecule has 134 valence electrons. The van der Waals surface area contributed by atoms with E-state index < -0.39 is 22.0 Å². The van der Waals surface area contributed by atoms with Crippen molar-refractivity contribution in [3.05, 3.63) is 66.0 Å². The van der Waals surface area contributed by atoms with Gasteiger partial charge in [-0.25, -0.2) is 12.8 Å². The number of carbonyl (C=O) groups excluding carboxylic acids is 1. The molecule has 2 aromatic rings. The number of para-hydroxylation sites is 1. The van der Waals surface area contributed by atoms with E-state index in [0.717, 1.165) is 16.1 Å². The lowest BCUT2D eigenvalue weighted by molar-refractivity contribution is -0.122. The summed E-state index contributed by atoms with van der Waals surface area (Å²) in [5.74, 6) is -0.755. The molecule has 0 bridgehead atoms. The van der Waals surface area contributed by atoms with Crippen molar-refractivity contribution in [2.45, 2.75) is 25.9 Å². The zero-order valence-corrected chi connectivity index (χ0v) is 15.0. The van der Waals surface area contributed by atoms with Crippen LogP contribution < -0.4 is 9.62 Å². The average Bonchev–Trinajstić information content (AvgIpc) is 2.58. The van der Waals surface area contributed by atoms with Crippen LogP contribution in [0, 0.1) is 5.82 Å². The number of nitrogens with zero attached hydrogens (tertiary/aromatic N) is 1. The zero-order chi connectivity index (χ0) is 18.4. The van der Waals surface area contributed by atoms with Crippen LogP contribution in [-0.4, -0.2) is 26.6 Å². The van der Waals surface area contributed by atoms with E-state index in [1.54, 1.807) is 49.4 Å². The van der Waals surface area contributed by atoms with Crippen molar-refractivity contribution >= 4 is 21.6 Å². The third kappa shape index (κ3) is 5.03. The van der Waals surface area contributed by atoms with Gasteiger partial charge in [-0.1, -0.05) is 37.3 Å². The Kier molecular flexibility index (Phi) is 6.14. The minimum atomic E-state index is -3.64.